The van der Waals surface area contributed by atoms with Crippen molar-refractivity contribution in [2.24, 2.45) is 11.8 Å². The molecule has 1 saturated carbocycles. The number of hydrogen-bond donors (Lipinski definition) is 2. The third-order valence-corrected chi connectivity index (χ3v) is 5.77. The van der Waals surface area contributed by atoms with Gasteiger partial charge in [-0.3, -0.25) is 9.48 Å². The lowest BCUT2D eigenvalue weighted by Gasteiger charge is -2.38. The summed E-state index contributed by atoms with van der Waals surface area (Å²) in [5, 5.41) is 9.72. The number of hydrogen-bond acceptors (Lipinski definition) is 7. The van der Waals surface area contributed by atoms with Crippen LogP contribution in [-0.4, -0.2) is 49.8 Å². The molecule has 2 N–H and O–H groups in total. The molecule has 1 unspecified atom stereocenters. The molecule has 12 heteroatoms. The van der Waals surface area contributed by atoms with Crippen LogP contribution in [0, 0.1) is 18.8 Å². The first-order valence-electron chi connectivity index (χ1n) is 10.2. The summed E-state index contributed by atoms with van der Waals surface area (Å²) >= 11 is 0. The quantitative estimate of drug-likeness (QED) is 0.740. The Balaban J connectivity index is 1.39. The molecule has 0 bridgehead atoms. The van der Waals surface area contributed by atoms with E-state index in [0.29, 0.717) is 29.7 Å². The van der Waals surface area contributed by atoms with Crippen molar-refractivity contribution in [3.8, 4) is 0 Å². The third-order valence-electron chi connectivity index (χ3n) is 5.77. The van der Waals surface area contributed by atoms with Gasteiger partial charge in [0.25, 0.3) is 5.82 Å². The summed E-state index contributed by atoms with van der Waals surface area (Å²) in [4.78, 5) is 26.7. The van der Waals surface area contributed by atoms with E-state index in [-0.39, 0.29) is 29.8 Å². The Morgan fingerprint density at radius 3 is 2.61 bits per heavy atom. The van der Waals surface area contributed by atoms with Crippen LogP contribution in [0.2, 0.25) is 0 Å². The zero-order valence-corrected chi connectivity index (χ0v) is 17.7. The van der Waals surface area contributed by atoms with E-state index in [0.717, 1.165) is 19.2 Å². The standard InChI is InChI=1S/C19H25F3N8O/c1-9(2)14-16(31)26-13-10(3)24-18(27-15(13)29(14)4)25-12-5-11(6-12)7-30-8-23-17(28-30)19(20,21)22/h8-9,11-12,14H,5-7H2,1-4H3,(H,26,31)(H,24,25,27). The summed E-state index contributed by atoms with van der Waals surface area (Å²) in [6, 6.07) is -0.190. The fourth-order valence-corrected chi connectivity index (χ4v) is 4.24. The largest absolute Gasteiger partial charge is 0.453 e. The van der Waals surface area contributed by atoms with Gasteiger partial charge in [0.15, 0.2) is 5.82 Å². The van der Waals surface area contributed by atoms with E-state index >= 15 is 0 Å². The van der Waals surface area contributed by atoms with Gasteiger partial charge in [-0.15, -0.1) is 5.10 Å². The first kappa shape index (κ1) is 21.3. The highest BCUT2D eigenvalue weighted by Crippen LogP contribution is 2.36. The van der Waals surface area contributed by atoms with E-state index in [4.69, 9.17) is 0 Å². The number of aryl methyl sites for hydroxylation is 1. The number of nitrogens with zero attached hydrogens (tertiary/aromatic N) is 6. The van der Waals surface area contributed by atoms with Crippen molar-refractivity contribution < 1.29 is 18.0 Å². The van der Waals surface area contributed by atoms with Crippen molar-refractivity contribution in [3.05, 3.63) is 17.8 Å². The smallest absolute Gasteiger partial charge is 0.351 e. The number of alkyl halides is 3. The van der Waals surface area contributed by atoms with Crippen molar-refractivity contribution in [3.63, 3.8) is 0 Å². The maximum atomic E-state index is 12.6. The minimum Gasteiger partial charge on any atom is -0.351 e. The topological polar surface area (TPSA) is 101 Å². The van der Waals surface area contributed by atoms with Crippen LogP contribution >= 0.6 is 0 Å². The van der Waals surface area contributed by atoms with Gasteiger partial charge in [0, 0.05) is 19.6 Å². The summed E-state index contributed by atoms with van der Waals surface area (Å²) < 4.78 is 39.1. The SMILES string of the molecule is Cc1nc(NC2CC(Cn3cnc(C(F)(F)F)n3)C2)nc2c1NC(=O)C(C(C)C)N2C. The fourth-order valence-electron chi connectivity index (χ4n) is 4.24. The average Bonchev–Trinajstić information content (AvgIpc) is 3.10. The van der Waals surface area contributed by atoms with Crippen LogP contribution in [-0.2, 0) is 17.5 Å². The molecule has 0 saturated heterocycles. The van der Waals surface area contributed by atoms with Crippen molar-refractivity contribution in [2.75, 3.05) is 22.6 Å². The Bertz CT molecular complexity index is 983. The zero-order valence-electron chi connectivity index (χ0n) is 17.7. The van der Waals surface area contributed by atoms with E-state index < -0.39 is 12.0 Å². The number of carbonyl (C=O) groups is 1. The molecule has 2 aromatic rings. The molecule has 0 radical (unpaired) electrons. The van der Waals surface area contributed by atoms with Crippen LogP contribution in [0.3, 0.4) is 0 Å². The van der Waals surface area contributed by atoms with Gasteiger partial charge in [-0.1, -0.05) is 13.8 Å². The number of halogens is 3. The number of anilines is 3. The van der Waals surface area contributed by atoms with E-state index in [1.807, 2.05) is 32.7 Å². The van der Waals surface area contributed by atoms with Crippen LogP contribution in [0.5, 0.6) is 0 Å². The molecule has 2 aromatic heterocycles. The molecule has 168 valence electrons. The molecule has 1 atom stereocenters. The second kappa shape index (κ2) is 7.65. The Kier molecular flexibility index (Phi) is 5.26. The minimum absolute atomic E-state index is 0.0685. The zero-order chi connectivity index (χ0) is 22.5. The number of rotatable bonds is 5. The Morgan fingerprint density at radius 2 is 2.00 bits per heavy atom. The summed E-state index contributed by atoms with van der Waals surface area (Å²) in [6.07, 6.45) is -1.88. The lowest BCUT2D eigenvalue weighted by Crippen LogP contribution is -2.50. The minimum atomic E-state index is -4.53. The van der Waals surface area contributed by atoms with Gasteiger partial charge in [-0.25, -0.2) is 9.97 Å². The van der Waals surface area contributed by atoms with Gasteiger partial charge in [0.2, 0.25) is 11.9 Å². The van der Waals surface area contributed by atoms with Gasteiger partial charge in [0.1, 0.15) is 18.1 Å². The van der Waals surface area contributed by atoms with Gasteiger partial charge in [-0.2, -0.15) is 18.2 Å². The van der Waals surface area contributed by atoms with Gasteiger partial charge < -0.3 is 15.5 Å². The maximum Gasteiger partial charge on any atom is 0.453 e. The number of amides is 1. The molecule has 1 aliphatic heterocycles. The predicted octanol–water partition coefficient (Wildman–Crippen LogP) is 2.70. The molecule has 1 amide bonds. The molecule has 31 heavy (non-hydrogen) atoms. The molecule has 0 aromatic carbocycles. The predicted molar refractivity (Wildman–Crippen MR) is 108 cm³/mol. The Morgan fingerprint density at radius 1 is 1.29 bits per heavy atom. The molecule has 1 fully saturated rings. The highest BCUT2D eigenvalue weighted by molar-refractivity contribution is 6.03. The molecule has 9 nitrogen and oxygen atoms in total. The lowest BCUT2D eigenvalue weighted by molar-refractivity contribution is -0.145. The Hall–Kier alpha value is -2.92. The van der Waals surface area contributed by atoms with Crippen molar-refractivity contribution >= 4 is 23.4 Å². The van der Waals surface area contributed by atoms with Gasteiger partial charge >= 0.3 is 6.18 Å². The van der Waals surface area contributed by atoms with Crippen LogP contribution < -0.4 is 15.5 Å². The second-order valence-corrected chi connectivity index (χ2v) is 8.59. The first-order chi connectivity index (χ1) is 14.5. The number of fused-ring (bicyclic) bond motifs is 1. The summed E-state index contributed by atoms with van der Waals surface area (Å²) in [5.41, 5.74) is 1.29. The molecule has 1 aliphatic carbocycles. The van der Waals surface area contributed by atoms with Crippen LogP contribution in [0.1, 0.15) is 38.2 Å². The van der Waals surface area contributed by atoms with E-state index in [2.05, 4.69) is 30.7 Å². The summed E-state index contributed by atoms with van der Waals surface area (Å²) in [6.45, 7) is 6.18. The molecule has 4 rings (SSSR count). The van der Waals surface area contributed by atoms with Crippen LogP contribution in [0.15, 0.2) is 6.33 Å². The Labute approximate surface area is 177 Å². The van der Waals surface area contributed by atoms with Gasteiger partial charge in [-0.05, 0) is 31.6 Å². The second-order valence-electron chi connectivity index (χ2n) is 8.59. The monoisotopic (exact) mass is 438 g/mol. The lowest BCUT2D eigenvalue weighted by atomic mass is 9.80. The molecular weight excluding hydrogens is 413 g/mol. The number of nitrogens with one attached hydrogen (secondary N) is 2. The summed E-state index contributed by atoms with van der Waals surface area (Å²) in [5.74, 6) is 0.284. The maximum absolute atomic E-state index is 12.6. The van der Waals surface area contributed by atoms with E-state index in [1.54, 1.807) is 0 Å². The van der Waals surface area contributed by atoms with Gasteiger partial charge in [0.05, 0.1) is 5.69 Å². The van der Waals surface area contributed by atoms with Crippen LogP contribution in [0.4, 0.5) is 30.6 Å². The molecule has 3 heterocycles. The van der Waals surface area contributed by atoms with E-state index in [9.17, 15) is 18.0 Å². The first-order valence-corrected chi connectivity index (χ1v) is 10.2. The highest BCUT2D eigenvalue weighted by atomic mass is 19.4. The number of carbonyl (C=O) groups excluding carboxylic acids is 1. The molecular formula is C19H25F3N8O. The molecule has 2 aliphatic rings. The highest BCUT2D eigenvalue weighted by Gasteiger charge is 2.38. The normalized spacial score (nSPS) is 23.4. The van der Waals surface area contributed by atoms with Crippen molar-refractivity contribution in [1.29, 1.82) is 0 Å². The van der Waals surface area contributed by atoms with Crippen molar-refractivity contribution in [2.45, 2.75) is 58.4 Å². The number of likely N-dealkylation sites (N-methyl/N-ethyl adjacent to an activating group) is 1. The van der Waals surface area contributed by atoms with Crippen molar-refractivity contribution in [1.82, 2.24) is 24.7 Å². The van der Waals surface area contributed by atoms with Crippen LogP contribution in [0.25, 0.3) is 0 Å². The molecule has 0 spiro atoms. The fraction of sp³-hybridized carbons (Fsp3) is 0.632. The third kappa shape index (κ3) is 4.15. The van der Waals surface area contributed by atoms with E-state index in [1.165, 1.54) is 4.68 Å². The average molecular weight is 438 g/mol. The summed E-state index contributed by atoms with van der Waals surface area (Å²) in [7, 11) is 1.85. The number of aromatic nitrogens is 5.